The molecule has 2 unspecified atom stereocenters. The lowest BCUT2D eigenvalue weighted by atomic mass is 10.2. The van der Waals surface area contributed by atoms with Gasteiger partial charge in [0.2, 0.25) is 0 Å². The second-order valence-electron chi connectivity index (χ2n) is 4.63. The number of morpholine rings is 1. The van der Waals surface area contributed by atoms with E-state index in [4.69, 9.17) is 16.3 Å². The van der Waals surface area contributed by atoms with Crippen LogP contribution in [0.15, 0.2) is 12.1 Å². The molecule has 0 spiro atoms. The number of rotatable bonds is 2. The van der Waals surface area contributed by atoms with E-state index in [-0.39, 0.29) is 23.0 Å². The molecule has 2 aliphatic rings. The molecule has 2 aliphatic heterocycles. The van der Waals surface area contributed by atoms with Gasteiger partial charge in [0.25, 0.3) is 5.69 Å². The van der Waals surface area contributed by atoms with E-state index in [9.17, 15) is 10.1 Å². The number of fused-ring (bicyclic) bond motifs is 2. The van der Waals surface area contributed by atoms with E-state index in [1.807, 2.05) is 4.90 Å². The highest BCUT2D eigenvalue weighted by atomic mass is 35.5. The molecule has 2 fully saturated rings. The molecule has 96 valence electrons. The van der Waals surface area contributed by atoms with Crippen molar-refractivity contribution in [2.75, 3.05) is 18.0 Å². The number of hydrogen-bond donors (Lipinski definition) is 0. The van der Waals surface area contributed by atoms with Gasteiger partial charge in [0.05, 0.1) is 29.3 Å². The van der Waals surface area contributed by atoms with E-state index in [1.165, 1.54) is 12.1 Å². The summed E-state index contributed by atoms with van der Waals surface area (Å²) in [5, 5.41) is 11.0. The predicted molar refractivity (Wildman–Crippen MR) is 66.0 cm³/mol. The Morgan fingerprint density at radius 2 is 2.06 bits per heavy atom. The van der Waals surface area contributed by atoms with E-state index in [0.717, 1.165) is 25.9 Å². The second-order valence-corrected chi connectivity index (χ2v) is 5.01. The first-order valence-corrected chi connectivity index (χ1v) is 6.22. The molecule has 7 heteroatoms. The number of hydrogen-bond acceptors (Lipinski definition) is 5. The van der Waals surface area contributed by atoms with Crippen molar-refractivity contribution < 1.29 is 9.66 Å². The fourth-order valence-corrected chi connectivity index (χ4v) is 2.74. The molecule has 18 heavy (non-hydrogen) atoms. The van der Waals surface area contributed by atoms with Crippen molar-refractivity contribution >= 4 is 23.1 Å². The third-order valence-electron chi connectivity index (χ3n) is 3.34. The summed E-state index contributed by atoms with van der Waals surface area (Å²) in [6, 6.07) is 2.73. The molecule has 0 saturated carbocycles. The van der Waals surface area contributed by atoms with Gasteiger partial charge in [0.15, 0.2) is 0 Å². The van der Waals surface area contributed by atoms with E-state index in [1.54, 1.807) is 0 Å². The van der Waals surface area contributed by atoms with Gasteiger partial charge in [-0.2, -0.15) is 0 Å². The first kappa shape index (κ1) is 11.7. The molecule has 0 aliphatic carbocycles. The van der Waals surface area contributed by atoms with E-state index < -0.39 is 4.92 Å². The van der Waals surface area contributed by atoms with Crippen LogP contribution in [0.25, 0.3) is 0 Å². The van der Waals surface area contributed by atoms with Crippen LogP contribution in [0.2, 0.25) is 5.15 Å². The summed E-state index contributed by atoms with van der Waals surface area (Å²) in [6.45, 7) is 1.45. The van der Waals surface area contributed by atoms with Crippen molar-refractivity contribution in [1.29, 1.82) is 0 Å². The third-order valence-corrected chi connectivity index (χ3v) is 3.54. The lowest BCUT2D eigenvalue weighted by Gasteiger charge is -2.32. The standard InChI is InChI=1S/C11H12ClN3O3/c12-10-3-7(15(16)17)4-11(13-10)14-5-8-1-2-9(6-14)18-8/h3-4,8-9H,1-2,5-6H2. The van der Waals surface area contributed by atoms with Crippen molar-refractivity contribution in [1.82, 2.24) is 4.98 Å². The highest BCUT2D eigenvalue weighted by molar-refractivity contribution is 6.29. The van der Waals surface area contributed by atoms with Gasteiger partial charge in [-0.3, -0.25) is 10.1 Å². The average molecular weight is 270 g/mol. The summed E-state index contributed by atoms with van der Waals surface area (Å²) in [4.78, 5) is 16.5. The molecular weight excluding hydrogens is 258 g/mol. The molecule has 1 aromatic rings. The zero-order valence-electron chi connectivity index (χ0n) is 9.58. The Kier molecular flexibility index (Phi) is 2.83. The molecule has 0 radical (unpaired) electrons. The van der Waals surface area contributed by atoms with Gasteiger partial charge in [-0.1, -0.05) is 11.6 Å². The van der Waals surface area contributed by atoms with Crippen LogP contribution < -0.4 is 4.90 Å². The third kappa shape index (κ3) is 2.13. The van der Waals surface area contributed by atoms with E-state index in [2.05, 4.69) is 4.98 Å². The number of halogens is 1. The maximum atomic E-state index is 10.8. The Bertz CT molecular complexity index is 484. The zero-order valence-corrected chi connectivity index (χ0v) is 10.3. The lowest BCUT2D eigenvalue weighted by molar-refractivity contribution is -0.384. The van der Waals surface area contributed by atoms with Crippen LogP contribution in [-0.2, 0) is 4.74 Å². The second kappa shape index (κ2) is 4.37. The topological polar surface area (TPSA) is 68.5 Å². The number of aromatic nitrogens is 1. The molecule has 2 atom stereocenters. The molecule has 0 aromatic carbocycles. The van der Waals surface area contributed by atoms with Crippen molar-refractivity contribution in [3.8, 4) is 0 Å². The van der Waals surface area contributed by atoms with Gasteiger partial charge in [0, 0.05) is 13.1 Å². The fraction of sp³-hybridized carbons (Fsp3) is 0.545. The molecule has 6 nitrogen and oxygen atoms in total. The summed E-state index contributed by atoms with van der Waals surface area (Å²) >= 11 is 5.83. The maximum absolute atomic E-state index is 10.8. The molecule has 2 saturated heterocycles. The van der Waals surface area contributed by atoms with E-state index in [0.29, 0.717) is 5.82 Å². The van der Waals surface area contributed by atoms with Crippen molar-refractivity contribution in [3.63, 3.8) is 0 Å². The Balaban J connectivity index is 1.89. The van der Waals surface area contributed by atoms with Crippen molar-refractivity contribution in [2.45, 2.75) is 25.0 Å². The van der Waals surface area contributed by atoms with Gasteiger partial charge in [-0.25, -0.2) is 4.98 Å². The highest BCUT2D eigenvalue weighted by Crippen LogP contribution is 2.31. The Labute approximate surface area is 109 Å². The Hall–Kier alpha value is -1.40. The quantitative estimate of drug-likeness (QED) is 0.467. The molecule has 1 aromatic heterocycles. The summed E-state index contributed by atoms with van der Waals surface area (Å²) < 4.78 is 5.72. The number of anilines is 1. The van der Waals surface area contributed by atoms with Gasteiger partial charge < -0.3 is 9.64 Å². The van der Waals surface area contributed by atoms with Crippen LogP contribution in [0, 0.1) is 10.1 Å². The molecule has 3 heterocycles. The minimum Gasteiger partial charge on any atom is -0.371 e. The smallest absolute Gasteiger partial charge is 0.276 e. The van der Waals surface area contributed by atoms with Crippen molar-refractivity contribution in [2.24, 2.45) is 0 Å². The molecule has 2 bridgehead atoms. The Morgan fingerprint density at radius 1 is 1.39 bits per heavy atom. The minimum atomic E-state index is -0.452. The van der Waals surface area contributed by atoms with Crippen LogP contribution in [0.1, 0.15) is 12.8 Å². The van der Waals surface area contributed by atoms with Crippen LogP contribution in [0.4, 0.5) is 11.5 Å². The number of pyridine rings is 1. The normalized spacial score (nSPS) is 26.4. The van der Waals surface area contributed by atoms with Crippen LogP contribution in [-0.4, -0.2) is 35.2 Å². The van der Waals surface area contributed by atoms with Crippen LogP contribution in [0.3, 0.4) is 0 Å². The summed E-state index contributed by atoms with van der Waals surface area (Å²) in [7, 11) is 0. The largest absolute Gasteiger partial charge is 0.371 e. The van der Waals surface area contributed by atoms with Crippen LogP contribution in [0.5, 0.6) is 0 Å². The van der Waals surface area contributed by atoms with Crippen molar-refractivity contribution in [3.05, 3.63) is 27.4 Å². The summed E-state index contributed by atoms with van der Waals surface area (Å²) in [5.41, 5.74) is -0.0242. The first-order valence-electron chi connectivity index (χ1n) is 5.84. The number of ether oxygens (including phenoxy) is 1. The monoisotopic (exact) mass is 269 g/mol. The zero-order chi connectivity index (χ0) is 12.7. The lowest BCUT2D eigenvalue weighted by Crippen LogP contribution is -2.43. The molecular formula is C11H12ClN3O3. The molecule has 0 N–H and O–H groups in total. The average Bonchev–Trinajstić information content (AvgIpc) is 2.67. The minimum absolute atomic E-state index is 0.0242. The van der Waals surface area contributed by atoms with Gasteiger partial charge >= 0.3 is 0 Å². The maximum Gasteiger partial charge on any atom is 0.276 e. The van der Waals surface area contributed by atoms with E-state index >= 15 is 0 Å². The van der Waals surface area contributed by atoms with Crippen LogP contribution >= 0.6 is 11.6 Å². The Morgan fingerprint density at radius 3 is 2.67 bits per heavy atom. The summed E-state index contributed by atoms with van der Waals surface area (Å²) in [5.74, 6) is 0.564. The highest BCUT2D eigenvalue weighted by Gasteiger charge is 2.34. The first-order chi connectivity index (χ1) is 8.61. The van der Waals surface area contributed by atoms with Gasteiger partial charge in [-0.15, -0.1) is 0 Å². The molecule has 3 rings (SSSR count). The number of nitrogens with zero attached hydrogens (tertiary/aromatic N) is 3. The SMILES string of the molecule is O=[N+]([O-])c1cc(Cl)nc(N2CC3CCC(C2)O3)c1. The fourth-order valence-electron chi connectivity index (χ4n) is 2.54. The summed E-state index contributed by atoms with van der Waals surface area (Å²) in [6.07, 6.45) is 2.51. The van der Waals surface area contributed by atoms with Gasteiger partial charge in [0.1, 0.15) is 11.0 Å². The molecule has 0 amide bonds. The number of nitro groups is 1. The predicted octanol–water partition coefficient (Wildman–Crippen LogP) is 2.01. The van der Waals surface area contributed by atoms with Gasteiger partial charge in [-0.05, 0) is 12.8 Å².